The van der Waals surface area contributed by atoms with Crippen LogP contribution >= 0.6 is 0 Å². The summed E-state index contributed by atoms with van der Waals surface area (Å²) in [5, 5.41) is 2.92. The van der Waals surface area contributed by atoms with Gasteiger partial charge in [0.2, 0.25) is 0 Å². The van der Waals surface area contributed by atoms with Gasteiger partial charge in [-0.05, 0) is 48.5 Å². The van der Waals surface area contributed by atoms with Crippen LogP contribution in [0.2, 0.25) is 0 Å². The molecule has 4 rings (SSSR count). The molecule has 1 amide bonds. The predicted molar refractivity (Wildman–Crippen MR) is 125 cm³/mol. The summed E-state index contributed by atoms with van der Waals surface area (Å²) in [5.74, 6) is 0.477. The van der Waals surface area contributed by atoms with Crippen molar-refractivity contribution in [2.75, 3.05) is 6.54 Å². The molecule has 0 saturated heterocycles. The van der Waals surface area contributed by atoms with Crippen LogP contribution in [0.15, 0.2) is 85.1 Å². The molecule has 0 saturated carbocycles. The summed E-state index contributed by atoms with van der Waals surface area (Å²) in [7, 11) is 0. The van der Waals surface area contributed by atoms with Gasteiger partial charge in [0.05, 0.1) is 5.56 Å². The summed E-state index contributed by atoms with van der Waals surface area (Å²) in [4.78, 5) is 15.6. The fourth-order valence-electron chi connectivity index (χ4n) is 4.19. The molecule has 154 valence electrons. The fraction of sp³-hybridized carbons (Fsp3) is 0.296. The fourth-order valence-corrected chi connectivity index (χ4v) is 4.19. The quantitative estimate of drug-likeness (QED) is 0.581. The Morgan fingerprint density at radius 1 is 1.30 bits per heavy atom. The van der Waals surface area contributed by atoms with Crippen molar-refractivity contribution in [3.05, 3.63) is 102 Å². The van der Waals surface area contributed by atoms with Crippen molar-refractivity contribution >= 4 is 11.5 Å². The monoisotopic (exact) mass is 398 g/mol. The Hall–Kier alpha value is -3.07. The number of aromatic nitrogens is 1. The molecule has 0 aromatic carbocycles. The maximum Gasteiger partial charge on any atom is 0.253 e. The highest BCUT2D eigenvalue weighted by atomic mass is 16.1. The first-order valence-corrected chi connectivity index (χ1v) is 10.8. The van der Waals surface area contributed by atoms with Crippen molar-refractivity contribution in [3.63, 3.8) is 0 Å². The van der Waals surface area contributed by atoms with Gasteiger partial charge in [-0.3, -0.25) is 4.79 Å². The number of aromatic amines is 1. The Morgan fingerprint density at radius 3 is 2.97 bits per heavy atom. The lowest BCUT2D eigenvalue weighted by Crippen LogP contribution is -2.31. The van der Waals surface area contributed by atoms with E-state index in [1.165, 1.54) is 5.57 Å². The number of H-pyrrole nitrogens is 1. The van der Waals surface area contributed by atoms with Gasteiger partial charge >= 0.3 is 0 Å². The average Bonchev–Trinajstić information content (AvgIpc) is 3.08. The van der Waals surface area contributed by atoms with Crippen molar-refractivity contribution in [2.24, 2.45) is 11.3 Å². The highest BCUT2D eigenvalue weighted by Gasteiger charge is 2.22. The normalized spacial score (nSPS) is 22.7. The van der Waals surface area contributed by atoms with Crippen molar-refractivity contribution in [1.82, 2.24) is 10.3 Å². The van der Waals surface area contributed by atoms with Crippen molar-refractivity contribution in [1.29, 1.82) is 0 Å². The van der Waals surface area contributed by atoms with E-state index in [4.69, 9.17) is 0 Å². The molecule has 1 aromatic heterocycles. The van der Waals surface area contributed by atoms with Gasteiger partial charge in [-0.2, -0.15) is 0 Å². The number of amides is 1. The summed E-state index contributed by atoms with van der Waals surface area (Å²) in [6.07, 6.45) is 27.9. The van der Waals surface area contributed by atoms with Crippen LogP contribution in [0.5, 0.6) is 0 Å². The van der Waals surface area contributed by atoms with Crippen LogP contribution in [-0.4, -0.2) is 17.4 Å². The van der Waals surface area contributed by atoms with Crippen molar-refractivity contribution in [2.45, 2.75) is 32.6 Å². The van der Waals surface area contributed by atoms with Gasteiger partial charge in [0.15, 0.2) is 0 Å². The van der Waals surface area contributed by atoms with Crippen LogP contribution in [0.25, 0.3) is 5.57 Å². The Labute approximate surface area is 179 Å². The van der Waals surface area contributed by atoms with E-state index >= 15 is 0 Å². The molecule has 2 unspecified atom stereocenters. The molecule has 2 atom stereocenters. The van der Waals surface area contributed by atoms with Gasteiger partial charge in [0.1, 0.15) is 0 Å². The summed E-state index contributed by atoms with van der Waals surface area (Å²) in [5.41, 5.74) is 5.12. The van der Waals surface area contributed by atoms with Crippen molar-refractivity contribution in [3.8, 4) is 0 Å². The molecule has 0 fully saturated rings. The Morgan fingerprint density at radius 2 is 2.20 bits per heavy atom. The number of carbonyl (C=O) groups excluding carboxylic acids is 1. The van der Waals surface area contributed by atoms with Crippen LogP contribution in [0.4, 0.5) is 0 Å². The third kappa shape index (κ3) is 4.56. The lowest BCUT2D eigenvalue weighted by atomic mass is 9.81. The zero-order valence-corrected chi connectivity index (χ0v) is 17.7. The second-order valence-electron chi connectivity index (χ2n) is 8.56. The Bertz CT molecular complexity index is 1010. The minimum atomic E-state index is -0.109. The lowest BCUT2D eigenvalue weighted by molar-refractivity contribution is 0.0946. The summed E-state index contributed by atoms with van der Waals surface area (Å²) in [6, 6.07) is 1.98. The van der Waals surface area contributed by atoms with E-state index in [1.807, 2.05) is 6.07 Å². The molecule has 0 spiro atoms. The zero-order valence-electron chi connectivity index (χ0n) is 17.7. The van der Waals surface area contributed by atoms with E-state index in [-0.39, 0.29) is 11.3 Å². The first-order valence-electron chi connectivity index (χ1n) is 10.8. The number of fused-ring (bicyclic) bond motifs is 1. The topological polar surface area (TPSA) is 44.9 Å². The van der Waals surface area contributed by atoms with E-state index < -0.39 is 0 Å². The van der Waals surface area contributed by atoms with E-state index in [0.717, 1.165) is 48.2 Å². The molecule has 1 aromatic rings. The summed E-state index contributed by atoms with van der Waals surface area (Å²) in [6.45, 7) is 7.05. The van der Waals surface area contributed by atoms with Gasteiger partial charge in [-0.1, -0.05) is 67.7 Å². The van der Waals surface area contributed by atoms with Crippen LogP contribution < -0.4 is 5.32 Å². The number of hydrogen-bond acceptors (Lipinski definition) is 1. The molecular formula is C27H30N2O. The molecule has 2 N–H and O–H groups in total. The minimum Gasteiger partial charge on any atom is -0.358 e. The van der Waals surface area contributed by atoms with E-state index in [9.17, 15) is 4.79 Å². The molecule has 0 bridgehead atoms. The standard InChI is InChI=1S/C27H30N2O/c1-3-27(2,15-13-20-9-5-4-6-10-20)19-21-11-7-8-12-22(17-21)25-18-23-24(29-25)14-16-28-26(23)30/h3-6,8-9,11-13,15,17-18,20,29H,1,7,10,14,16,19H2,2H3,(H,28,30)/b15-13+. The van der Waals surface area contributed by atoms with E-state index in [2.05, 4.69) is 90.6 Å². The highest BCUT2D eigenvalue weighted by molar-refractivity contribution is 5.97. The second kappa shape index (κ2) is 8.74. The number of nitrogens with one attached hydrogen (secondary N) is 2. The molecule has 2 heterocycles. The third-order valence-electron chi connectivity index (χ3n) is 6.06. The molecule has 3 nitrogen and oxygen atoms in total. The maximum absolute atomic E-state index is 12.1. The number of rotatable bonds is 6. The zero-order chi connectivity index (χ0) is 21.0. The molecule has 1 aliphatic heterocycles. The number of hydrogen-bond donors (Lipinski definition) is 2. The smallest absolute Gasteiger partial charge is 0.253 e. The van der Waals surface area contributed by atoms with Crippen molar-refractivity contribution < 1.29 is 4.79 Å². The molecule has 2 aliphatic carbocycles. The molecule has 0 radical (unpaired) electrons. The van der Waals surface area contributed by atoms with Crippen LogP contribution in [0.3, 0.4) is 0 Å². The predicted octanol–water partition coefficient (Wildman–Crippen LogP) is 5.84. The third-order valence-corrected chi connectivity index (χ3v) is 6.06. The summed E-state index contributed by atoms with van der Waals surface area (Å²) >= 11 is 0. The minimum absolute atomic E-state index is 0.0173. The van der Waals surface area contributed by atoms with Gasteiger partial charge in [-0.25, -0.2) is 0 Å². The van der Waals surface area contributed by atoms with Crippen LogP contribution in [-0.2, 0) is 6.42 Å². The Kier molecular flexibility index (Phi) is 5.89. The first-order chi connectivity index (χ1) is 14.6. The number of carbonyl (C=O) groups is 1. The van der Waals surface area contributed by atoms with Gasteiger partial charge in [-0.15, -0.1) is 6.58 Å². The lowest BCUT2D eigenvalue weighted by Gasteiger charge is -2.23. The van der Waals surface area contributed by atoms with Gasteiger partial charge in [0, 0.05) is 29.8 Å². The Balaban J connectivity index is 1.55. The maximum atomic E-state index is 12.1. The van der Waals surface area contributed by atoms with Gasteiger partial charge in [0.25, 0.3) is 5.91 Å². The SMILES string of the molecule is C=CC(C)(/C=C/C1C=CC=CC1)CC1=CCC=CC(c2cc3c([nH]2)CCNC3=O)=C1. The number of allylic oxidation sites excluding steroid dienone is 13. The van der Waals surface area contributed by atoms with Gasteiger partial charge < -0.3 is 10.3 Å². The van der Waals surface area contributed by atoms with Crippen LogP contribution in [0.1, 0.15) is 47.9 Å². The van der Waals surface area contributed by atoms with E-state index in [1.54, 1.807) is 0 Å². The molecule has 3 aliphatic rings. The average molecular weight is 399 g/mol. The first kappa shape index (κ1) is 20.2. The highest BCUT2D eigenvalue weighted by Crippen LogP contribution is 2.34. The molecule has 3 heteroatoms. The molecular weight excluding hydrogens is 368 g/mol. The van der Waals surface area contributed by atoms with E-state index in [0.29, 0.717) is 12.5 Å². The molecule has 30 heavy (non-hydrogen) atoms. The van der Waals surface area contributed by atoms with Crippen LogP contribution in [0, 0.1) is 11.3 Å². The summed E-state index contributed by atoms with van der Waals surface area (Å²) < 4.78 is 0. The second-order valence-corrected chi connectivity index (χ2v) is 8.56. The largest absolute Gasteiger partial charge is 0.358 e.